The van der Waals surface area contributed by atoms with Crippen molar-refractivity contribution in [2.75, 3.05) is 0 Å². The summed E-state index contributed by atoms with van der Waals surface area (Å²) in [6.07, 6.45) is 4.35. The highest BCUT2D eigenvalue weighted by atomic mass is 16.3. The molecular weight excluding hydrogens is 176 g/mol. The maximum atomic E-state index is 11.9. The van der Waals surface area contributed by atoms with Crippen molar-refractivity contribution in [3.63, 3.8) is 0 Å². The molecule has 0 amide bonds. The molecule has 2 saturated carbocycles. The molecule has 4 atom stereocenters. The highest BCUT2D eigenvalue weighted by Gasteiger charge is 2.51. The van der Waals surface area contributed by atoms with Crippen LogP contribution in [0.5, 0.6) is 0 Å². The van der Waals surface area contributed by atoms with E-state index in [-0.39, 0.29) is 17.4 Å². The number of Topliss-reactive ketones (excluding diaryl/α,β-unsaturated/α-hetero) is 1. The monoisotopic (exact) mass is 196 g/mol. The first-order valence-corrected chi connectivity index (χ1v) is 5.76. The van der Waals surface area contributed by atoms with Crippen LogP contribution < -0.4 is 0 Å². The van der Waals surface area contributed by atoms with Crippen LogP contribution in [-0.4, -0.2) is 17.0 Å². The summed E-state index contributed by atoms with van der Waals surface area (Å²) in [5.74, 6) is 0.987. The van der Waals surface area contributed by atoms with E-state index in [1.54, 1.807) is 0 Å². The summed E-state index contributed by atoms with van der Waals surface area (Å²) < 4.78 is 0. The third-order valence-corrected chi connectivity index (χ3v) is 4.43. The lowest BCUT2D eigenvalue weighted by Gasteiger charge is -2.50. The van der Waals surface area contributed by atoms with Gasteiger partial charge in [-0.25, -0.2) is 0 Å². The van der Waals surface area contributed by atoms with E-state index in [1.807, 2.05) is 0 Å². The molecule has 2 aliphatic rings. The SMILES string of the molecule is CC1CCCC2(C)C(O)CCC(=O)C12. The number of carbonyl (C=O) groups is 1. The molecule has 80 valence electrons. The smallest absolute Gasteiger partial charge is 0.136 e. The minimum absolute atomic E-state index is 0.118. The van der Waals surface area contributed by atoms with Gasteiger partial charge in [-0.15, -0.1) is 0 Å². The number of fused-ring (bicyclic) bond motifs is 1. The Morgan fingerprint density at radius 2 is 2.14 bits per heavy atom. The molecule has 0 spiro atoms. The van der Waals surface area contributed by atoms with Crippen molar-refractivity contribution < 1.29 is 9.90 Å². The van der Waals surface area contributed by atoms with Crippen molar-refractivity contribution in [1.82, 2.24) is 0 Å². The molecule has 2 aliphatic carbocycles. The van der Waals surface area contributed by atoms with E-state index in [2.05, 4.69) is 13.8 Å². The maximum Gasteiger partial charge on any atom is 0.136 e. The molecule has 0 aliphatic heterocycles. The highest BCUT2D eigenvalue weighted by Crippen LogP contribution is 2.50. The van der Waals surface area contributed by atoms with Gasteiger partial charge in [0.25, 0.3) is 0 Å². The Morgan fingerprint density at radius 3 is 2.79 bits per heavy atom. The van der Waals surface area contributed by atoms with E-state index < -0.39 is 0 Å². The molecule has 4 unspecified atom stereocenters. The van der Waals surface area contributed by atoms with Crippen molar-refractivity contribution >= 4 is 5.78 Å². The zero-order valence-corrected chi connectivity index (χ0v) is 9.12. The summed E-state index contributed by atoms with van der Waals surface area (Å²) in [5, 5.41) is 10.0. The van der Waals surface area contributed by atoms with Crippen molar-refractivity contribution in [2.45, 2.75) is 52.1 Å². The number of carbonyl (C=O) groups excluding carboxylic acids is 1. The van der Waals surface area contributed by atoms with Crippen LogP contribution in [0.4, 0.5) is 0 Å². The standard InChI is InChI=1S/C12H20O2/c1-8-4-3-7-12(2)10(14)6-5-9(13)11(8)12/h8,10-11,14H,3-7H2,1-2H3. The first-order valence-electron chi connectivity index (χ1n) is 5.76. The molecule has 0 radical (unpaired) electrons. The van der Waals surface area contributed by atoms with Crippen LogP contribution in [0.25, 0.3) is 0 Å². The van der Waals surface area contributed by atoms with Gasteiger partial charge in [0.05, 0.1) is 6.10 Å². The zero-order chi connectivity index (χ0) is 10.3. The average Bonchev–Trinajstić information content (AvgIpc) is 2.12. The van der Waals surface area contributed by atoms with E-state index in [0.717, 1.165) is 12.8 Å². The second-order valence-electron chi connectivity index (χ2n) is 5.37. The van der Waals surface area contributed by atoms with Gasteiger partial charge in [0.2, 0.25) is 0 Å². The van der Waals surface area contributed by atoms with Gasteiger partial charge in [0.15, 0.2) is 0 Å². The van der Waals surface area contributed by atoms with E-state index >= 15 is 0 Å². The van der Waals surface area contributed by atoms with Crippen LogP contribution in [0.1, 0.15) is 46.0 Å². The van der Waals surface area contributed by atoms with Crippen molar-refractivity contribution in [1.29, 1.82) is 0 Å². The van der Waals surface area contributed by atoms with E-state index in [9.17, 15) is 9.90 Å². The molecule has 0 bridgehead atoms. The molecule has 2 nitrogen and oxygen atoms in total. The highest BCUT2D eigenvalue weighted by molar-refractivity contribution is 5.83. The Kier molecular flexibility index (Phi) is 2.42. The molecule has 0 aromatic carbocycles. The number of rotatable bonds is 0. The fraction of sp³-hybridized carbons (Fsp3) is 0.917. The van der Waals surface area contributed by atoms with Gasteiger partial charge in [0.1, 0.15) is 5.78 Å². The fourth-order valence-corrected chi connectivity index (χ4v) is 3.60. The minimum Gasteiger partial charge on any atom is -0.393 e. The Morgan fingerprint density at radius 1 is 1.43 bits per heavy atom. The van der Waals surface area contributed by atoms with Gasteiger partial charge in [0, 0.05) is 17.8 Å². The normalized spacial score (nSPS) is 48.8. The third-order valence-electron chi connectivity index (χ3n) is 4.43. The van der Waals surface area contributed by atoms with Crippen molar-refractivity contribution in [3.8, 4) is 0 Å². The van der Waals surface area contributed by atoms with E-state index in [4.69, 9.17) is 0 Å². The number of aliphatic hydroxyl groups excluding tert-OH is 1. The molecule has 2 fully saturated rings. The predicted molar refractivity (Wildman–Crippen MR) is 54.9 cm³/mol. The quantitative estimate of drug-likeness (QED) is 0.644. The van der Waals surface area contributed by atoms with Gasteiger partial charge < -0.3 is 5.11 Å². The van der Waals surface area contributed by atoms with Gasteiger partial charge in [-0.3, -0.25) is 4.79 Å². The van der Waals surface area contributed by atoms with Gasteiger partial charge in [-0.05, 0) is 25.2 Å². The summed E-state index contributed by atoms with van der Waals surface area (Å²) in [6, 6.07) is 0. The first kappa shape index (κ1) is 10.2. The second-order valence-corrected chi connectivity index (χ2v) is 5.37. The van der Waals surface area contributed by atoms with Crippen molar-refractivity contribution in [3.05, 3.63) is 0 Å². The molecule has 2 rings (SSSR count). The van der Waals surface area contributed by atoms with Gasteiger partial charge in [-0.2, -0.15) is 0 Å². The van der Waals surface area contributed by atoms with Crippen LogP contribution in [0.3, 0.4) is 0 Å². The summed E-state index contributed by atoms with van der Waals surface area (Å²) in [5.41, 5.74) is -0.118. The van der Waals surface area contributed by atoms with Crippen LogP contribution >= 0.6 is 0 Å². The Labute approximate surface area is 85.7 Å². The molecule has 14 heavy (non-hydrogen) atoms. The topological polar surface area (TPSA) is 37.3 Å². The van der Waals surface area contributed by atoms with Crippen LogP contribution in [0.15, 0.2) is 0 Å². The molecular formula is C12H20O2. The van der Waals surface area contributed by atoms with Crippen LogP contribution in [0.2, 0.25) is 0 Å². The summed E-state index contributed by atoms with van der Waals surface area (Å²) >= 11 is 0. The van der Waals surface area contributed by atoms with E-state index in [1.165, 1.54) is 6.42 Å². The second kappa shape index (κ2) is 3.34. The Balaban J connectivity index is 2.30. The lowest BCUT2D eigenvalue weighted by molar-refractivity contribution is -0.147. The molecule has 0 saturated heterocycles. The zero-order valence-electron chi connectivity index (χ0n) is 9.12. The summed E-state index contributed by atoms with van der Waals surface area (Å²) in [7, 11) is 0. The van der Waals surface area contributed by atoms with Crippen molar-refractivity contribution in [2.24, 2.45) is 17.3 Å². The number of aliphatic hydroxyl groups is 1. The Hall–Kier alpha value is -0.370. The molecule has 0 aromatic heterocycles. The van der Waals surface area contributed by atoms with Gasteiger partial charge >= 0.3 is 0 Å². The predicted octanol–water partition coefficient (Wildman–Crippen LogP) is 2.15. The number of hydrogen-bond donors (Lipinski definition) is 1. The fourth-order valence-electron chi connectivity index (χ4n) is 3.60. The molecule has 1 N–H and O–H groups in total. The average molecular weight is 196 g/mol. The largest absolute Gasteiger partial charge is 0.393 e. The molecule has 0 aromatic rings. The van der Waals surface area contributed by atoms with Crippen LogP contribution in [-0.2, 0) is 4.79 Å². The number of ketones is 1. The maximum absolute atomic E-state index is 11.9. The van der Waals surface area contributed by atoms with Gasteiger partial charge in [-0.1, -0.05) is 20.3 Å². The molecule has 2 heteroatoms. The lowest BCUT2D eigenvalue weighted by atomic mass is 9.55. The lowest BCUT2D eigenvalue weighted by Crippen LogP contribution is -2.51. The summed E-state index contributed by atoms with van der Waals surface area (Å²) in [4.78, 5) is 11.9. The minimum atomic E-state index is -0.257. The first-order chi connectivity index (χ1) is 6.55. The van der Waals surface area contributed by atoms with Crippen LogP contribution in [0, 0.1) is 17.3 Å². The number of hydrogen-bond acceptors (Lipinski definition) is 2. The summed E-state index contributed by atoms with van der Waals surface area (Å²) in [6.45, 7) is 4.27. The third kappa shape index (κ3) is 1.31. The van der Waals surface area contributed by atoms with E-state index in [0.29, 0.717) is 24.5 Å². The molecule has 0 heterocycles. The Bertz CT molecular complexity index is 249.